The van der Waals surface area contributed by atoms with Gasteiger partial charge in [0.25, 0.3) is 0 Å². The van der Waals surface area contributed by atoms with Gasteiger partial charge in [-0.3, -0.25) is 4.79 Å². The van der Waals surface area contributed by atoms with Crippen LogP contribution in [0, 0.1) is 0 Å². The molecule has 2 aromatic rings. The lowest BCUT2D eigenvalue weighted by Gasteiger charge is -2.14. The van der Waals surface area contributed by atoms with Crippen LogP contribution in [0.5, 0.6) is 0 Å². The third-order valence-corrected chi connectivity index (χ3v) is 2.79. The first-order chi connectivity index (χ1) is 11.4. The second-order valence-corrected chi connectivity index (χ2v) is 5.88. The van der Waals surface area contributed by atoms with Crippen LogP contribution in [0.2, 0.25) is 5.02 Å². The highest BCUT2D eigenvalue weighted by Gasteiger charge is 2.04. The van der Waals surface area contributed by atoms with E-state index in [4.69, 9.17) is 16.3 Å². The summed E-state index contributed by atoms with van der Waals surface area (Å²) in [5, 5.41) is 7.16. The second-order valence-electron chi connectivity index (χ2n) is 5.44. The van der Waals surface area contributed by atoms with Gasteiger partial charge in [-0.2, -0.15) is 5.10 Å². The summed E-state index contributed by atoms with van der Waals surface area (Å²) in [4.78, 5) is 14.3. The summed E-state index contributed by atoms with van der Waals surface area (Å²) in [6.45, 7) is 10.5. The molecule has 0 saturated heterocycles. The molecule has 0 unspecified atom stereocenters. The number of methoxy groups -OCH3 is 1. The molecule has 0 radical (unpaired) electrons. The molecular weight excluding hydrogens is 328 g/mol. The van der Waals surface area contributed by atoms with Crippen LogP contribution in [-0.4, -0.2) is 33.9 Å². The van der Waals surface area contributed by atoms with Crippen molar-refractivity contribution in [2.75, 3.05) is 7.11 Å². The molecule has 0 aliphatic carbocycles. The average molecular weight is 355 g/mol. The number of hydrogen-bond acceptors (Lipinski definition) is 4. The SMILES string of the molecule is CC.COC(C)(C)C.O=CNCc1ccc(-n2cc(Cl)cn2)nc1. The molecule has 0 aromatic carbocycles. The molecule has 2 heterocycles. The highest BCUT2D eigenvalue weighted by atomic mass is 35.5. The molecule has 0 fully saturated rings. The van der Waals surface area contributed by atoms with Crippen molar-refractivity contribution in [1.29, 1.82) is 0 Å². The first-order valence-corrected chi connectivity index (χ1v) is 8.11. The van der Waals surface area contributed by atoms with Crippen molar-refractivity contribution in [3.8, 4) is 5.82 Å². The van der Waals surface area contributed by atoms with Crippen molar-refractivity contribution in [3.63, 3.8) is 0 Å². The number of pyridine rings is 1. The number of ether oxygens (including phenoxy) is 1. The Morgan fingerprint density at radius 2 is 1.92 bits per heavy atom. The number of nitrogens with one attached hydrogen (secondary N) is 1. The molecule has 2 rings (SSSR count). The Balaban J connectivity index is 0.000000563. The number of nitrogens with zero attached hydrogens (tertiary/aromatic N) is 3. The van der Waals surface area contributed by atoms with E-state index in [0.29, 0.717) is 23.8 Å². The van der Waals surface area contributed by atoms with Gasteiger partial charge in [0.2, 0.25) is 6.41 Å². The zero-order valence-electron chi connectivity index (χ0n) is 15.2. The van der Waals surface area contributed by atoms with E-state index in [1.54, 1.807) is 30.4 Å². The van der Waals surface area contributed by atoms with Crippen molar-refractivity contribution in [2.24, 2.45) is 0 Å². The summed E-state index contributed by atoms with van der Waals surface area (Å²) in [5.41, 5.74) is 0.967. The number of hydrogen-bond donors (Lipinski definition) is 1. The fourth-order valence-electron chi connectivity index (χ4n) is 1.24. The maximum absolute atomic E-state index is 10.1. The summed E-state index contributed by atoms with van der Waals surface area (Å²) >= 11 is 5.75. The summed E-state index contributed by atoms with van der Waals surface area (Å²) < 4.78 is 6.52. The standard InChI is InChI=1S/C10H9ClN4O.C5H12O.C2H6/c11-9-5-14-15(6-9)10-2-1-8(4-13-10)3-12-7-16;1-5(2,3)6-4;1-2/h1-2,4-7H,3H2,(H,12,16);1-4H3;1-2H3. The second kappa shape index (κ2) is 11.6. The molecule has 24 heavy (non-hydrogen) atoms. The van der Waals surface area contributed by atoms with Crippen LogP contribution < -0.4 is 5.32 Å². The molecule has 1 amide bonds. The van der Waals surface area contributed by atoms with Gasteiger partial charge in [-0.1, -0.05) is 31.5 Å². The van der Waals surface area contributed by atoms with Crippen molar-refractivity contribution >= 4 is 18.0 Å². The largest absolute Gasteiger partial charge is 0.379 e. The highest BCUT2D eigenvalue weighted by molar-refractivity contribution is 6.30. The van der Waals surface area contributed by atoms with Gasteiger partial charge in [-0.25, -0.2) is 9.67 Å². The van der Waals surface area contributed by atoms with E-state index in [-0.39, 0.29) is 5.60 Å². The fourth-order valence-corrected chi connectivity index (χ4v) is 1.38. The summed E-state index contributed by atoms with van der Waals surface area (Å²) in [6, 6.07) is 3.68. The lowest BCUT2D eigenvalue weighted by molar-refractivity contribution is -0.109. The zero-order chi connectivity index (χ0) is 18.6. The van der Waals surface area contributed by atoms with E-state index >= 15 is 0 Å². The molecule has 7 heteroatoms. The van der Waals surface area contributed by atoms with Gasteiger partial charge in [0.15, 0.2) is 5.82 Å². The molecule has 0 atom stereocenters. The van der Waals surface area contributed by atoms with Crippen LogP contribution in [0.15, 0.2) is 30.7 Å². The smallest absolute Gasteiger partial charge is 0.207 e. The summed E-state index contributed by atoms with van der Waals surface area (Å²) in [5.74, 6) is 0.682. The van der Waals surface area contributed by atoms with Crippen LogP contribution in [0.3, 0.4) is 0 Å². The maximum atomic E-state index is 10.1. The van der Waals surface area contributed by atoms with E-state index in [1.807, 2.05) is 46.8 Å². The van der Waals surface area contributed by atoms with Gasteiger partial charge >= 0.3 is 0 Å². The van der Waals surface area contributed by atoms with Crippen molar-refractivity contribution < 1.29 is 9.53 Å². The third kappa shape index (κ3) is 9.27. The van der Waals surface area contributed by atoms with E-state index in [9.17, 15) is 4.79 Å². The maximum Gasteiger partial charge on any atom is 0.207 e. The van der Waals surface area contributed by atoms with Gasteiger partial charge < -0.3 is 10.1 Å². The first-order valence-electron chi connectivity index (χ1n) is 7.73. The van der Waals surface area contributed by atoms with E-state index in [1.165, 1.54) is 0 Å². The van der Waals surface area contributed by atoms with Gasteiger partial charge in [0.05, 0.1) is 23.0 Å². The van der Waals surface area contributed by atoms with E-state index in [0.717, 1.165) is 5.56 Å². The Morgan fingerprint density at radius 1 is 1.29 bits per heavy atom. The monoisotopic (exact) mass is 354 g/mol. The Kier molecular flexibility index (Phi) is 10.7. The Hall–Kier alpha value is -1.92. The zero-order valence-corrected chi connectivity index (χ0v) is 16.0. The summed E-state index contributed by atoms with van der Waals surface area (Å²) in [6.07, 6.45) is 5.56. The van der Waals surface area contributed by atoms with Crippen LogP contribution >= 0.6 is 11.6 Å². The van der Waals surface area contributed by atoms with Crippen molar-refractivity contribution in [3.05, 3.63) is 41.3 Å². The fraction of sp³-hybridized carbons (Fsp3) is 0.471. The average Bonchev–Trinajstić information content (AvgIpc) is 3.02. The number of carbonyl (C=O) groups excluding carboxylic acids is 1. The molecule has 0 saturated carbocycles. The molecule has 0 aliphatic rings. The van der Waals surface area contributed by atoms with Gasteiger partial charge in [-0.05, 0) is 32.4 Å². The number of rotatable bonds is 4. The minimum atomic E-state index is 0.0417. The Labute approximate surface area is 149 Å². The molecule has 6 nitrogen and oxygen atoms in total. The lowest BCUT2D eigenvalue weighted by Crippen LogP contribution is -2.15. The van der Waals surface area contributed by atoms with E-state index in [2.05, 4.69) is 15.4 Å². The number of halogens is 1. The topological polar surface area (TPSA) is 69.0 Å². The molecule has 2 aromatic heterocycles. The minimum Gasteiger partial charge on any atom is -0.379 e. The van der Waals surface area contributed by atoms with Gasteiger partial charge in [0, 0.05) is 19.9 Å². The Morgan fingerprint density at radius 3 is 2.29 bits per heavy atom. The highest BCUT2D eigenvalue weighted by Crippen LogP contribution is 2.10. The first kappa shape index (κ1) is 22.1. The predicted molar refractivity (Wildman–Crippen MR) is 97.4 cm³/mol. The predicted octanol–water partition coefficient (Wildman–Crippen LogP) is 3.62. The number of carbonyl (C=O) groups is 1. The van der Waals surface area contributed by atoms with Crippen LogP contribution in [0.25, 0.3) is 5.82 Å². The quantitative estimate of drug-likeness (QED) is 0.851. The van der Waals surface area contributed by atoms with Crippen LogP contribution in [-0.2, 0) is 16.1 Å². The van der Waals surface area contributed by atoms with Gasteiger partial charge in [-0.15, -0.1) is 0 Å². The lowest BCUT2D eigenvalue weighted by atomic mass is 10.2. The summed E-state index contributed by atoms with van der Waals surface area (Å²) in [7, 11) is 1.71. The molecule has 134 valence electrons. The van der Waals surface area contributed by atoms with E-state index < -0.39 is 0 Å². The molecular formula is C17H27ClN4O2. The van der Waals surface area contributed by atoms with Crippen molar-refractivity contribution in [2.45, 2.75) is 46.8 Å². The molecule has 0 bridgehead atoms. The molecule has 1 N–H and O–H groups in total. The van der Waals surface area contributed by atoms with Crippen molar-refractivity contribution in [1.82, 2.24) is 20.1 Å². The van der Waals surface area contributed by atoms with Crippen LogP contribution in [0.4, 0.5) is 0 Å². The van der Waals surface area contributed by atoms with Crippen LogP contribution in [0.1, 0.15) is 40.2 Å². The van der Waals surface area contributed by atoms with Gasteiger partial charge in [0.1, 0.15) is 0 Å². The molecule has 0 spiro atoms. The minimum absolute atomic E-state index is 0.0417. The third-order valence-electron chi connectivity index (χ3n) is 2.60. The normalized spacial score (nSPS) is 9.96. The molecule has 0 aliphatic heterocycles. The Bertz CT molecular complexity index is 577. The number of aromatic nitrogens is 3. The number of amides is 1.